The Morgan fingerprint density at radius 3 is 2.68 bits per heavy atom. The van der Waals surface area contributed by atoms with Crippen LogP contribution < -0.4 is 10.6 Å². The SMILES string of the molecule is CC(=O)Nc1cccc(Nc2cc(C)c(Br)cn2)c1. The van der Waals surface area contributed by atoms with Crippen LogP contribution in [0.15, 0.2) is 41.0 Å². The van der Waals surface area contributed by atoms with Gasteiger partial charge in [0.25, 0.3) is 0 Å². The molecule has 98 valence electrons. The Hall–Kier alpha value is -1.88. The van der Waals surface area contributed by atoms with E-state index in [2.05, 4.69) is 31.5 Å². The third kappa shape index (κ3) is 3.79. The summed E-state index contributed by atoms with van der Waals surface area (Å²) < 4.78 is 0.977. The van der Waals surface area contributed by atoms with Gasteiger partial charge in [0, 0.05) is 29.0 Å². The highest BCUT2D eigenvalue weighted by Crippen LogP contribution is 2.22. The van der Waals surface area contributed by atoms with Crippen LogP contribution in [-0.2, 0) is 4.79 Å². The largest absolute Gasteiger partial charge is 0.340 e. The van der Waals surface area contributed by atoms with Crippen LogP contribution in [-0.4, -0.2) is 10.9 Å². The molecule has 0 atom stereocenters. The second-order valence-corrected chi connectivity index (χ2v) is 5.06. The second-order valence-electron chi connectivity index (χ2n) is 4.21. The first-order valence-electron chi connectivity index (χ1n) is 5.81. The molecule has 1 heterocycles. The molecule has 5 heteroatoms. The van der Waals surface area contributed by atoms with E-state index < -0.39 is 0 Å². The molecule has 19 heavy (non-hydrogen) atoms. The fraction of sp³-hybridized carbons (Fsp3) is 0.143. The fourth-order valence-corrected chi connectivity index (χ4v) is 1.85. The van der Waals surface area contributed by atoms with Gasteiger partial charge in [-0.15, -0.1) is 0 Å². The summed E-state index contributed by atoms with van der Waals surface area (Å²) in [5.41, 5.74) is 2.74. The summed E-state index contributed by atoms with van der Waals surface area (Å²) in [4.78, 5) is 15.3. The molecule has 2 rings (SSSR count). The number of nitrogens with zero attached hydrogens (tertiary/aromatic N) is 1. The summed E-state index contributed by atoms with van der Waals surface area (Å²) in [7, 11) is 0. The van der Waals surface area contributed by atoms with Crippen LogP contribution >= 0.6 is 15.9 Å². The zero-order valence-electron chi connectivity index (χ0n) is 10.7. The minimum Gasteiger partial charge on any atom is -0.340 e. The molecule has 0 aliphatic rings. The fourth-order valence-electron chi connectivity index (χ4n) is 1.63. The van der Waals surface area contributed by atoms with Gasteiger partial charge in [0.2, 0.25) is 5.91 Å². The predicted octanol–water partition coefficient (Wildman–Crippen LogP) is 3.85. The molecule has 0 fully saturated rings. The average Bonchev–Trinajstić information content (AvgIpc) is 2.33. The zero-order valence-corrected chi connectivity index (χ0v) is 12.3. The highest BCUT2D eigenvalue weighted by molar-refractivity contribution is 9.10. The molecule has 1 amide bonds. The van der Waals surface area contributed by atoms with Crippen LogP contribution in [0.1, 0.15) is 12.5 Å². The number of rotatable bonds is 3. The molecule has 1 aromatic heterocycles. The molecule has 0 saturated carbocycles. The first-order chi connectivity index (χ1) is 9.04. The number of carbonyl (C=O) groups is 1. The van der Waals surface area contributed by atoms with E-state index in [4.69, 9.17) is 0 Å². The first-order valence-corrected chi connectivity index (χ1v) is 6.61. The lowest BCUT2D eigenvalue weighted by atomic mass is 10.2. The number of aromatic nitrogens is 1. The molecule has 0 radical (unpaired) electrons. The van der Waals surface area contributed by atoms with Gasteiger partial charge in [0.05, 0.1) is 0 Å². The van der Waals surface area contributed by atoms with Gasteiger partial charge in [0.1, 0.15) is 5.82 Å². The number of hydrogen-bond donors (Lipinski definition) is 2. The van der Waals surface area contributed by atoms with Gasteiger partial charge in [-0.25, -0.2) is 4.98 Å². The molecular weight excluding hydrogens is 306 g/mol. The molecule has 0 spiro atoms. The topological polar surface area (TPSA) is 54.0 Å². The van der Waals surface area contributed by atoms with Crippen LogP contribution in [0.3, 0.4) is 0 Å². The molecule has 0 saturated heterocycles. The number of benzene rings is 1. The second kappa shape index (κ2) is 5.84. The van der Waals surface area contributed by atoms with Gasteiger partial charge >= 0.3 is 0 Å². The minimum absolute atomic E-state index is 0.0882. The van der Waals surface area contributed by atoms with Crippen LogP contribution in [0, 0.1) is 6.92 Å². The molecule has 0 unspecified atom stereocenters. The number of pyridine rings is 1. The summed E-state index contributed by atoms with van der Waals surface area (Å²) in [6.07, 6.45) is 1.76. The summed E-state index contributed by atoms with van der Waals surface area (Å²) in [5.74, 6) is 0.676. The number of anilines is 3. The lowest BCUT2D eigenvalue weighted by molar-refractivity contribution is -0.114. The molecule has 2 N–H and O–H groups in total. The smallest absolute Gasteiger partial charge is 0.221 e. The number of carbonyl (C=O) groups excluding carboxylic acids is 1. The molecule has 0 bridgehead atoms. The molecule has 0 aliphatic carbocycles. The van der Waals surface area contributed by atoms with Gasteiger partial charge in [-0.1, -0.05) is 6.07 Å². The monoisotopic (exact) mass is 319 g/mol. The van der Waals surface area contributed by atoms with Crippen molar-refractivity contribution >= 4 is 39.0 Å². The summed E-state index contributed by atoms with van der Waals surface area (Å²) in [6, 6.07) is 9.45. The summed E-state index contributed by atoms with van der Waals surface area (Å²) in [5, 5.41) is 5.95. The van der Waals surface area contributed by atoms with Crippen LogP contribution in [0.2, 0.25) is 0 Å². The van der Waals surface area contributed by atoms with E-state index in [1.54, 1.807) is 6.20 Å². The lowest BCUT2D eigenvalue weighted by Gasteiger charge is -2.09. The van der Waals surface area contributed by atoms with E-state index >= 15 is 0 Å². The van der Waals surface area contributed by atoms with E-state index in [0.29, 0.717) is 0 Å². The number of amides is 1. The standard InChI is InChI=1S/C14H14BrN3O/c1-9-6-14(16-8-13(9)15)18-12-5-3-4-11(7-12)17-10(2)19/h3-8H,1-2H3,(H,16,18)(H,17,19). The van der Waals surface area contributed by atoms with Crippen molar-refractivity contribution in [1.29, 1.82) is 0 Å². The third-order valence-electron chi connectivity index (χ3n) is 2.50. The number of hydrogen-bond acceptors (Lipinski definition) is 3. The molecule has 4 nitrogen and oxygen atoms in total. The maximum Gasteiger partial charge on any atom is 0.221 e. The normalized spacial score (nSPS) is 10.1. The van der Waals surface area contributed by atoms with E-state index in [1.807, 2.05) is 37.3 Å². The van der Waals surface area contributed by atoms with Gasteiger partial charge in [0.15, 0.2) is 0 Å². The van der Waals surface area contributed by atoms with Crippen LogP contribution in [0.5, 0.6) is 0 Å². The van der Waals surface area contributed by atoms with Crippen molar-refractivity contribution in [3.63, 3.8) is 0 Å². The van der Waals surface area contributed by atoms with E-state index in [1.165, 1.54) is 6.92 Å². The quantitative estimate of drug-likeness (QED) is 0.903. The van der Waals surface area contributed by atoms with Gasteiger partial charge in [-0.3, -0.25) is 4.79 Å². The van der Waals surface area contributed by atoms with Gasteiger partial charge < -0.3 is 10.6 Å². The maximum absolute atomic E-state index is 11.0. The van der Waals surface area contributed by atoms with Crippen molar-refractivity contribution in [3.8, 4) is 0 Å². The average molecular weight is 320 g/mol. The summed E-state index contributed by atoms with van der Waals surface area (Å²) in [6.45, 7) is 3.49. The summed E-state index contributed by atoms with van der Waals surface area (Å²) >= 11 is 3.42. The minimum atomic E-state index is -0.0882. The number of halogens is 1. The van der Waals surface area contributed by atoms with Crippen molar-refractivity contribution in [3.05, 3.63) is 46.6 Å². The Bertz CT molecular complexity index is 613. The maximum atomic E-state index is 11.0. The predicted molar refractivity (Wildman–Crippen MR) is 80.7 cm³/mol. The molecule has 2 aromatic rings. The van der Waals surface area contributed by atoms with E-state index in [-0.39, 0.29) is 5.91 Å². The highest BCUT2D eigenvalue weighted by atomic mass is 79.9. The molecule has 0 aliphatic heterocycles. The Morgan fingerprint density at radius 1 is 1.26 bits per heavy atom. The zero-order chi connectivity index (χ0) is 13.8. The first kappa shape index (κ1) is 13.5. The van der Waals surface area contributed by atoms with Crippen LogP contribution in [0.25, 0.3) is 0 Å². The lowest BCUT2D eigenvalue weighted by Crippen LogP contribution is -2.05. The van der Waals surface area contributed by atoms with Crippen molar-refractivity contribution in [1.82, 2.24) is 4.98 Å². The van der Waals surface area contributed by atoms with E-state index in [9.17, 15) is 4.79 Å². The molecule has 1 aromatic carbocycles. The van der Waals surface area contributed by atoms with Crippen molar-refractivity contribution < 1.29 is 4.79 Å². The highest BCUT2D eigenvalue weighted by Gasteiger charge is 2.01. The number of nitrogens with one attached hydrogen (secondary N) is 2. The Kier molecular flexibility index (Phi) is 4.16. The van der Waals surface area contributed by atoms with Crippen molar-refractivity contribution in [2.45, 2.75) is 13.8 Å². The van der Waals surface area contributed by atoms with Gasteiger partial charge in [-0.05, 0) is 52.7 Å². The van der Waals surface area contributed by atoms with Crippen LogP contribution in [0.4, 0.5) is 17.2 Å². The third-order valence-corrected chi connectivity index (χ3v) is 3.33. The Balaban J connectivity index is 2.18. The van der Waals surface area contributed by atoms with E-state index in [0.717, 1.165) is 27.2 Å². The molecular formula is C14H14BrN3O. The van der Waals surface area contributed by atoms with Crippen molar-refractivity contribution in [2.75, 3.05) is 10.6 Å². The van der Waals surface area contributed by atoms with Gasteiger partial charge in [-0.2, -0.15) is 0 Å². The Labute approximate surface area is 120 Å². The number of aryl methyl sites for hydroxylation is 1. The van der Waals surface area contributed by atoms with Crippen molar-refractivity contribution in [2.24, 2.45) is 0 Å². The Morgan fingerprint density at radius 2 is 2.00 bits per heavy atom.